The lowest BCUT2D eigenvalue weighted by Crippen LogP contribution is -2.10. The number of hydrogen-bond acceptors (Lipinski definition) is 5. The van der Waals surface area contributed by atoms with Crippen molar-refractivity contribution in [2.45, 2.75) is 26.8 Å². The first-order valence-corrected chi connectivity index (χ1v) is 11.0. The van der Waals surface area contributed by atoms with Crippen molar-refractivity contribution in [2.75, 3.05) is 0 Å². The van der Waals surface area contributed by atoms with Gasteiger partial charge in [0, 0.05) is 27.6 Å². The average Bonchev–Trinajstić information content (AvgIpc) is 3.39. The van der Waals surface area contributed by atoms with Crippen molar-refractivity contribution >= 4 is 32.2 Å². The third kappa shape index (κ3) is 2.95. The van der Waals surface area contributed by atoms with E-state index in [1.54, 1.807) is 11.3 Å². The van der Waals surface area contributed by atoms with Crippen LogP contribution in [0.25, 0.3) is 42.6 Å². The Balaban J connectivity index is 1.80. The molecule has 5 rings (SSSR count). The molecule has 31 heavy (non-hydrogen) atoms. The van der Waals surface area contributed by atoms with Crippen LogP contribution in [0.5, 0.6) is 0 Å². The van der Waals surface area contributed by atoms with Crippen LogP contribution < -0.4 is 5.56 Å². The topological polar surface area (TPSA) is 87.4 Å². The van der Waals surface area contributed by atoms with Crippen LogP contribution in [-0.4, -0.2) is 20.0 Å². The maximum atomic E-state index is 12.2. The van der Waals surface area contributed by atoms with Crippen molar-refractivity contribution in [3.63, 3.8) is 0 Å². The summed E-state index contributed by atoms with van der Waals surface area (Å²) in [6, 6.07) is 16.2. The van der Waals surface area contributed by atoms with Crippen LogP contribution >= 0.6 is 11.3 Å². The molecule has 3 aromatic heterocycles. The van der Waals surface area contributed by atoms with Crippen molar-refractivity contribution in [1.29, 1.82) is 5.26 Å². The summed E-state index contributed by atoms with van der Waals surface area (Å²) in [7, 11) is 0. The fourth-order valence-corrected chi connectivity index (χ4v) is 5.27. The summed E-state index contributed by atoms with van der Waals surface area (Å²) in [5.41, 5.74) is 4.14. The van der Waals surface area contributed by atoms with Gasteiger partial charge in [-0.1, -0.05) is 31.2 Å². The van der Waals surface area contributed by atoms with Crippen molar-refractivity contribution < 1.29 is 0 Å². The molecule has 152 valence electrons. The first-order chi connectivity index (χ1) is 15.2. The number of aryl methyl sites for hydroxylation is 2. The second kappa shape index (κ2) is 7.49. The number of aromatic amines is 1. The number of rotatable bonds is 4. The predicted octanol–water partition coefficient (Wildman–Crippen LogP) is 5.12. The van der Waals surface area contributed by atoms with E-state index in [0.717, 1.165) is 42.9 Å². The molecular formula is C24H19N5OS. The van der Waals surface area contributed by atoms with E-state index < -0.39 is 0 Å². The van der Waals surface area contributed by atoms with Crippen molar-refractivity contribution in [2.24, 2.45) is 0 Å². The third-order valence-corrected chi connectivity index (χ3v) is 6.75. The minimum absolute atomic E-state index is 0.195. The Labute approximate surface area is 182 Å². The molecule has 0 bridgehead atoms. The van der Waals surface area contributed by atoms with Crippen LogP contribution in [0.3, 0.4) is 0 Å². The third-order valence-electron chi connectivity index (χ3n) is 5.57. The quantitative estimate of drug-likeness (QED) is 0.433. The van der Waals surface area contributed by atoms with Crippen LogP contribution in [0.15, 0.2) is 53.5 Å². The Morgan fingerprint density at radius 3 is 2.74 bits per heavy atom. The van der Waals surface area contributed by atoms with Gasteiger partial charge in [-0.2, -0.15) is 15.5 Å². The minimum atomic E-state index is -0.195. The highest BCUT2D eigenvalue weighted by Crippen LogP contribution is 2.42. The molecule has 0 spiro atoms. The number of aromatic nitrogens is 4. The Morgan fingerprint density at radius 2 is 1.97 bits per heavy atom. The van der Waals surface area contributed by atoms with Gasteiger partial charge in [0.25, 0.3) is 5.56 Å². The molecule has 0 aliphatic carbocycles. The monoisotopic (exact) mass is 425 g/mol. The van der Waals surface area contributed by atoms with Gasteiger partial charge in [0.15, 0.2) is 0 Å². The Morgan fingerprint density at radius 1 is 1.13 bits per heavy atom. The second-order valence-electron chi connectivity index (χ2n) is 7.25. The Kier molecular flexibility index (Phi) is 4.64. The number of fused-ring (bicyclic) bond motifs is 2. The second-order valence-corrected chi connectivity index (χ2v) is 8.30. The summed E-state index contributed by atoms with van der Waals surface area (Å²) in [6.07, 6.45) is 2.56. The molecule has 1 N–H and O–H groups in total. The summed E-state index contributed by atoms with van der Waals surface area (Å²) in [5.74, 6) is 0. The number of benzene rings is 2. The predicted molar refractivity (Wildman–Crippen MR) is 124 cm³/mol. The maximum Gasteiger partial charge on any atom is 0.272 e. The van der Waals surface area contributed by atoms with E-state index in [-0.39, 0.29) is 5.56 Å². The standard InChI is InChI=1S/C24H19N5OS/c1-3-20-17-11-14(9-10-16(17)24(30)28-27-20)19-13-26-29(4-2)22(19)23-18(12-25)15-7-5-6-8-21(15)31-23/h5-11,13H,3-4H2,1-2H3,(H,28,30). The number of nitrogens with zero attached hydrogens (tertiary/aromatic N) is 4. The molecule has 6 nitrogen and oxygen atoms in total. The van der Waals surface area contributed by atoms with E-state index in [0.29, 0.717) is 23.9 Å². The molecule has 0 saturated carbocycles. The molecule has 7 heteroatoms. The lowest BCUT2D eigenvalue weighted by atomic mass is 9.99. The number of thiophene rings is 1. The first-order valence-electron chi connectivity index (χ1n) is 10.2. The molecule has 0 amide bonds. The molecule has 0 atom stereocenters. The van der Waals surface area contributed by atoms with Gasteiger partial charge >= 0.3 is 0 Å². The van der Waals surface area contributed by atoms with E-state index in [1.165, 1.54) is 0 Å². The summed E-state index contributed by atoms with van der Waals surface area (Å²) >= 11 is 1.61. The number of H-pyrrole nitrogens is 1. The minimum Gasteiger partial charge on any atom is -0.267 e. The van der Waals surface area contributed by atoms with Gasteiger partial charge in [-0.05, 0) is 37.1 Å². The Hall–Kier alpha value is -3.76. The fraction of sp³-hybridized carbons (Fsp3) is 0.167. The van der Waals surface area contributed by atoms with Gasteiger partial charge in [0.2, 0.25) is 0 Å². The van der Waals surface area contributed by atoms with Crippen LogP contribution in [0, 0.1) is 11.3 Å². The van der Waals surface area contributed by atoms with Crippen LogP contribution in [-0.2, 0) is 13.0 Å². The molecule has 5 aromatic rings. The highest BCUT2D eigenvalue weighted by molar-refractivity contribution is 7.22. The number of nitrogens with one attached hydrogen (secondary N) is 1. The number of hydrogen-bond donors (Lipinski definition) is 1. The van der Waals surface area contributed by atoms with Crippen LogP contribution in [0.2, 0.25) is 0 Å². The average molecular weight is 426 g/mol. The smallest absolute Gasteiger partial charge is 0.267 e. The van der Waals surface area contributed by atoms with Gasteiger partial charge in [0.1, 0.15) is 6.07 Å². The van der Waals surface area contributed by atoms with E-state index in [1.807, 2.05) is 67.2 Å². The Bertz CT molecular complexity index is 1550. The highest BCUT2D eigenvalue weighted by Gasteiger charge is 2.22. The van der Waals surface area contributed by atoms with Gasteiger partial charge in [-0.25, -0.2) is 5.10 Å². The van der Waals surface area contributed by atoms with Crippen molar-refractivity contribution in [1.82, 2.24) is 20.0 Å². The summed E-state index contributed by atoms with van der Waals surface area (Å²) in [5, 5.41) is 23.8. The van der Waals surface area contributed by atoms with E-state index in [4.69, 9.17) is 0 Å². The molecule has 0 saturated heterocycles. The van der Waals surface area contributed by atoms with Gasteiger partial charge in [0.05, 0.1) is 33.4 Å². The normalized spacial score (nSPS) is 11.3. The van der Waals surface area contributed by atoms with Gasteiger partial charge in [-0.3, -0.25) is 9.48 Å². The highest BCUT2D eigenvalue weighted by atomic mass is 32.1. The maximum absolute atomic E-state index is 12.2. The van der Waals surface area contributed by atoms with Crippen LogP contribution in [0.1, 0.15) is 25.1 Å². The SMILES string of the molecule is CCc1n[nH]c(=O)c2ccc(-c3cnn(CC)c3-c3sc4ccccc4c3C#N)cc12. The molecule has 0 fully saturated rings. The first kappa shape index (κ1) is 19.2. The zero-order valence-electron chi connectivity index (χ0n) is 17.1. The van der Waals surface area contributed by atoms with E-state index >= 15 is 0 Å². The zero-order chi connectivity index (χ0) is 21.5. The zero-order valence-corrected chi connectivity index (χ0v) is 18.0. The molecule has 0 unspecified atom stereocenters. The van der Waals surface area contributed by atoms with E-state index in [9.17, 15) is 10.1 Å². The van der Waals surface area contributed by atoms with E-state index in [2.05, 4.69) is 21.4 Å². The van der Waals surface area contributed by atoms with Gasteiger partial charge < -0.3 is 0 Å². The summed E-state index contributed by atoms with van der Waals surface area (Å²) in [4.78, 5) is 13.2. The molecular weight excluding hydrogens is 406 g/mol. The molecule has 2 aromatic carbocycles. The number of nitriles is 1. The molecule has 0 aliphatic heterocycles. The lowest BCUT2D eigenvalue weighted by Gasteiger charge is -2.09. The van der Waals surface area contributed by atoms with Gasteiger partial charge in [-0.15, -0.1) is 11.3 Å². The van der Waals surface area contributed by atoms with Crippen molar-refractivity contribution in [3.8, 4) is 27.8 Å². The molecule has 3 heterocycles. The fourth-order valence-electron chi connectivity index (χ4n) is 4.06. The largest absolute Gasteiger partial charge is 0.272 e. The van der Waals surface area contributed by atoms with Crippen LogP contribution in [0.4, 0.5) is 0 Å². The van der Waals surface area contributed by atoms with Crippen molar-refractivity contribution in [3.05, 3.63) is 70.3 Å². The molecule has 0 radical (unpaired) electrons. The summed E-state index contributed by atoms with van der Waals surface area (Å²) < 4.78 is 3.01. The summed E-state index contributed by atoms with van der Waals surface area (Å²) in [6.45, 7) is 4.74. The lowest BCUT2D eigenvalue weighted by molar-refractivity contribution is 0.668. The molecule has 0 aliphatic rings.